The van der Waals surface area contributed by atoms with Gasteiger partial charge in [0.05, 0.1) is 12.2 Å². The van der Waals surface area contributed by atoms with Gasteiger partial charge in [-0.3, -0.25) is 9.69 Å². The number of nitrogens with zero attached hydrogens (tertiary/aromatic N) is 2. The Morgan fingerprint density at radius 1 is 0.970 bits per heavy atom. The van der Waals surface area contributed by atoms with Crippen LogP contribution in [0.5, 0.6) is 0 Å². The van der Waals surface area contributed by atoms with Gasteiger partial charge in [-0.05, 0) is 31.0 Å². The molecule has 2 heterocycles. The maximum absolute atomic E-state index is 14.0. The number of aryl methyl sites for hydroxylation is 2. The van der Waals surface area contributed by atoms with E-state index in [0.717, 1.165) is 39.3 Å². The zero-order valence-corrected chi connectivity index (χ0v) is 19.7. The molecule has 0 radical (unpaired) electrons. The van der Waals surface area contributed by atoms with Crippen molar-refractivity contribution in [2.75, 3.05) is 17.2 Å². The number of benzene rings is 3. The van der Waals surface area contributed by atoms with E-state index in [-0.39, 0.29) is 11.9 Å². The summed E-state index contributed by atoms with van der Waals surface area (Å²) < 4.78 is 0. The molecule has 1 fully saturated rings. The molecule has 0 bridgehead atoms. The van der Waals surface area contributed by atoms with E-state index in [0.29, 0.717) is 19.6 Å². The van der Waals surface area contributed by atoms with Crippen molar-refractivity contribution in [2.24, 2.45) is 0 Å². The zero-order chi connectivity index (χ0) is 23.0. The lowest BCUT2D eigenvalue weighted by molar-refractivity contribution is -0.123. The summed E-state index contributed by atoms with van der Waals surface area (Å²) in [6.07, 6.45) is 0. The summed E-state index contributed by atoms with van der Waals surface area (Å²) in [6, 6.07) is 24.0. The van der Waals surface area contributed by atoms with Crippen molar-refractivity contribution in [1.82, 2.24) is 10.2 Å². The predicted octanol–water partition coefficient (Wildman–Crippen LogP) is 4.96. The molecule has 6 heteroatoms. The first kappa shape index (κ1) is 21.6. The molecule has 5 rings (SSSR count). The highest BCUT2D eigenvalue weighted by molar-refractivity contribution is 8.01. The molecule has 2 aliphatic heterocycles. The van der Waals surface area contributed by atoms with E-state index in [2.05, 4.69) is 17.4 Å². The van der Waals surface area contributed by atoms with E-state index in [9.17, 15) is 9.59 Å². The van der Waals surface area contributed by atoms with Gasteiger partial charge in [-0.2, -0.15) is 0 Å². The van der Waals surface area contributed by atoms with Crippen LogP contribution < -0.4 is 10.2 Å². The lowest BCUT2D eigenvalue weighted by Gasteiger charge is -2.33. The lowest BCUT2D eigenvalue weighted by atomic mass is 10.0. The van der Waals surface area contributed by atoms with Crippen LogP contribution in [0.15, 0.2) is 72.8 Å². The molecule has 1 saturated heterocycles. The third-order valence-corrected chi connectivity index (χ3v) is 7.72. The third kappa shape index (κ3) is 3.78. The molecule has 0 saturated carbocycles. The number of fused-ring (bicyclic) bond motifs is 2. The van der Waals surface area contributed by atoms with Gasteiger partial charge >= 0.3 is 6.03 Å². The van der Waals surface area contributed by atoms with Crippen molar-refractivity contribution >= 4 is 29.4 Å². The summed E-state index contributed by atoms with van der Waals surface area (Å²) in [5, 5.41) is 3.05. The van der Waals surface area contributed by atoms with Gasteiger partial charge in [0, 0.05) is 24.4 Å². The Kier molecular flexibility index (Phi) is 5.62. The highest BCUT2D eigenvalue weighted by atomic mass is 32.2. The van der Waals surface area contributed by atoms with Gasteiger partial charge in [-0.15, -0.1) is 11.8 Å². The number of amides is 3. The van der Waals surface area contributed by atoms with Crippen LogP contribution in [0, 0.1) is 13.8 Å². The Balaban J connectivity index is 1.47. The van der Waals surface area contributed by atoms with Gasteiger partial charge in [0.15, 0.2) is 4.87 Å². The molecule has 1 atom stereocenters. The summed E-state index contributed by atoms with van der Waals surface area (Å²) in [5.74, 6) is 0.677. The van der Waals surface area contributed by atoms with E-state index in [1.165, 1.54) is 0 Å². The molecule has 2 aliphatic rings. The maximum Gasteiger partial charge on any atom is 0.319 e. The molecule has 1 N–H and O–H groups in total. The van der Waals surface area contributed by atoms with Crippen LogP contribution in [-0.2, 0) is 22.8 Å². The van der Waals surface area contributed by atoms with Crippen LogP contribution >= 0.6 is 11.8 Å². The van der Waals surface area contributed by atoms with Gasteiger partial charge in [0.2, 0.25) is 0 Å². The summed E-state index contributed by atoms with van der Waals surface area (Å²) in [6.45, 7) is 5.51. The molecule has 5 nitrogen and oxygen atoms in total. The van der Waals surface area contributed by atoms with Crippen LogP contribution in [-0.4, -0.2) is 29.1 Å². The lowest BCUT2D eigenvalue weighted by Crippen LogP contribution is -2.53. The molecule has 0 aromatic heterocycles. The van der Waals surface area contributed by atoms with Gasteiger partial charge in [0.1, 0.15) is 0 Å². The van der Waals surface area contributed by atoms with Crippen LogP contribution in [0.1, 0.15) is 27.8 Å². The highest BCUT2D eigenvalue weighted by Gasteiger charge is 2.59. The number of rotatable bonds is 4. The molecule has 0 aliphatic carbocycles. The van der Waals surface area contributed by atoms with E-state index in [1.54, 1.807) is 16.7 Å². The van der Waals surface area contributed by atoms with E-state index in [1.807, 2.05) is 79.4 Å². The fraction of sp³-hybridized carbons (Fsp3) is 0.259. The minimum atomic E-state index is -1.02. The Hall–Kier alpha value is -3.25. The second kappa shape index (κ2) is 8.60. The highest BCUT2D eigenvalue weighted by Crippen LogP contribution is 2.54. The fourth-order valence-electron chi connectivity index (χ4n) is 4.75. The van der Waals surface area contributed by atoms with Crippen molar-refractivity contribution in [1.29, 1.82) is 0 Å². The number of hydrogen-bond donors (Lipinski definition) is 1. The van der Waals surface area contributed by atoms with Crippen LogP contribution in [0.3, 0.4) is 0 Å². The third-order valence-electron chi connectivity index (χ3n) is 6.30. The first-order valence-corrected chi connectivity index (χ1v) is 12.2. The SMILES string of the molecule is Cc1cccc(CNC(=O)N2CCS[C@]23C(=O)N(Cc2ccccc2)c2ccc(C)cc23)c1. The van der Waals surface area contributed by atoms with Gasteiger partial charge in [0.25, 0.3) is 5.91 Å². The molecular formula is C27H27N3O2S. The van der Waals surface area contributed by atoms with Crippen molar-refractivity contribution < 1.29 is 9.59 Å². The second-order valence-electron chi connectivity index (χ2n) is 8.69. The summed E-state index contributed by atoms with van der Waals surface area (Å²) in [4.78, 5) is 30.0. The number of carbonyl (C=O) groups is 2. The summed E-state index contributed by atoms with van der Waals surface area (Å²) in [5.41, 5.74) is 6.14. The second-order valence-corrected chi connectivity index (χ2v) is 9.98. The van der Waals surface area contributed by atoms with Crippen molar-refractivity contribution in [3.8, 4) is 0 Å². The maximum atomic E-state index is 14.0. The minimum absolute atomic E-state index is 0.0415. The minimum Gasteiger partial charge on any atom is -0.334 e. The summed E-state index contributed by atoms with van der Waals surface area (Å²) >= 11 is 1.56. The Morgan fingerprint density at radius 3 is 2.52 bits per heavy atom. The van der Waals surface area contributed by atoms with Crippen LogP contribution in [0.4, 0.5) is 10.5 Å². The van der Waals surface area contributed by atoms with Gasteiger partial charge in [-0.25, -0.2) is 4.79 Å². The first-order chi connectivity index (χ1) is 16.0. The smallest absolute Gasteiger partial charge is 0.319 e. The first-order valence-electron chi connectivity index (χ1n) is 11.2. The van der Waals surface area contributed by atoms with E-state index >= 15 is 0 Å². The van der Waals surface area contributed by atoms with Crippen molar-refractivity contribution in [2.45, 2.75) is 31.8 Å². The quantitative estimate of drug-likeness (QED) is 0.602. The molecule has 3 amide bonds. The number of urea groups is 1. The molecule has 0 unspecified atom stereocenters. The van der Waals surface area contributed by atoms with Crippen LogP contribution in [0.2, 0.25) is 0 Å². The number of nitrogens with one attached hydrogen (secondary N) is 1. The molecule has 33 heavy (non-hydrogen) atoms. The monoisotopic (exact) mass is 457 g/mol. The van der Waals surface area contributed by atoms with Gasteiger partial charge in [-0.1, -0.05) is 77.9 Å². The van der Waals surface area contributed by atoms with Crippen molar-refractivity contribution in [3.05, 3.63) is 101 Å². The topological polar surface area (TPSA) is 52.7 Å². The average molecular weight is 458 g/mol. The average Bonchev–Trinajstić information content (AvgIpc) is 3.35. The number of carbonyl (C=O) groups excluding carboxylic acids is 2. The van der Waals surface area contributed by atoms with Crippen LogP contribution in [0.25, 0.3) is 0 Å². The Bertz CT molecular complexity index is 1210. The largest absolute Gasteiger partial charge is 0.334 e. The number of hydrogen-bond acceptors (Lipinski definition) is 3. The van der Waals surface area contributed by atoms with E-state index < -0.39 is 4.87 Å². The summed E-state index contributed by atoms with van der Waals surface area (Å²) in [7, 11) is 0. The fourth-order valence-corrected chi connectivity index (χ4v) is 6.20. The van der Waals surface area contributed by atoms with Crippen molar-refractivity contribution in [3.63, 3.8) is 0 Å². The number of anilines is 1. The number of thioether (sulfide) groups is 1. The van der Waals surface area contributed by atoms with E-state index in [4.69, 9.17) is 0 Å². The molecule has 168 valence electrons. The Morgan fingerprint density at radius 2 is 1.73 bits per heavy atom. The zero-order valence-electron chi connectivity index (χ0n) is 18.9. The molecule has 3 aromatic rings. The molecular weight excluding hydrogens is 430 g/mol. The standard InChI is InChI=1S/C27H27N3O2S/c1-19-7-6-10-22(15-19)17-28-26(32)30-13-14-33-27(30)23-16-20(2)11-12-24(23)29(25(27)31)18-21-8-4-3-5-9-21/h3-12,15-16H,13-14,17-18H2,1-2H3,(H,28,32)/t27-/m1/s1. The normalized spacial score (nSPS) is 19.3. The molecule has 3 aromatic carbocycles. The Labute approximate surface area is 198 Å². The predicted molar refractivity (Wildman–Crippen MR) is 133 cm³/mol. The molecule has 1 spiro atoms. The van der Waals surface area contributed by atoms with Gasteiger partial charge < -0.3 is 10.2 Å².